The molecule has 0 unspecified atom stereocenters. The molecule has 1 heterocycles. The molecule has 0 aliphatic rings. The molecule has 2 aromatic carbocycles. The SMILES string of the molecule is C=CC(=O)Nc1cccc(Cl)c1Nc1ncc(OCc2cc(OC)ccc2Cl)cn1. The Morgan fingerprint density at radius 1 is 1.13 bits per heavy atom. The van der Waals surface area contributed by atoms with E-state index in [0.29, 0.717) is 32.9 Å². The number of methoxy groups -OCH3 is 1. The van der Waals surface area contributed by atoms with E-state index in [9.17, 15) is 4.79 Å². The summed E-state index contributed by atoms with van der Waals surface area (Å²) in [4.78, 5) is 20.1. The van der Waals surface area contributed by atoms with Gasteiger partial charge in [-0.1, -0.05) is 35.8 Å². The van der Waals surface area contributed by atoms with Crippen LogP contribution in [-0.2, 0) is 11.4 Å². The summed E-state index contributed by atoms with van der Waals surface area (Å²) in [6, 6.07) is 10.4. The minimum absolute atomic E-state index is 0.231. The highest BCUT2D eigenvalue weighted by molar-refractivity contribution is 6.34. The zero-order valence-electron chi connectivity index (χ0n) is 16.0. The van der Waals surface area contributed by atoms with Gasteiger partial charge in [0.15, 0.2) is 5.75 Å². The third-order valence-corrected chi connectivity index (χ3v) is 4.65. The van der Waals surface area contributed by atoms with Crippen LogP contribution >= 0.6 is 23.2 Å². The summed E-state index contributed by atoms with van der Waals surface area (Å²) in [5, 5.41) is 6.65. The Kier molecular flexibility index (Phi) is 7.11. The highest BCUT2D eigenvalue weighted by Gasteiger charge is 2.11. The first-order valence-electron chi connectivity index (χ1n) is 8.76. The molecule has 0 bridgehead atoms. The van der Waals surface area contributed by atoms with Gasteiger partial charge in [-0.25, -0.2) is 9.97 Å². The molecule has 30 heavy (non-hydrogen) atoms. The molecule has 0 radical (unpaired) electrons. The lowest BCUT2D eigenvalue weighted by molar-refractivity contribution is -0.111. The van der Waals surface area contributed by atoms with Gasteiger partial charge < -0.3 is 20.1 Å². The fourth-order valence-corrected chi connectivity index (χ4v) is 2.85. The molecule has 0 atom stereocenters. The van der Waals surface area contributed by atoms with Crippen molar-refractivity contribution in [3.63, 3.8) is 0 Å². The van der Waals surface area contributed by atoms with Crippen LogP contribution in [-0.4, -0.2) is 23.0 Å². The Morgan fingerprint density at radius 3 is 2.60 bits per heavy atom. The number of para-hydroxylation sites is 1. The third-order valence-electron chi connectivity index (χ3n) is 3.97. The fraction of sp³-hybridized carbons (Fsp3) is 0.0952. The number of aromatic nitrogens is 2. The van der Waals surface area contributed by atoms with Crippen molar-refractivity contribution in [1.29, 1.82) is 0 Å². The van der Waals surface area contributed by atoms with Gasteiger partial charge in [-0.15, -0.1) is 0 Å². The quantitative estimate of drug-likeness (QED) is 0.462. The van der Waals surface area contributed by atoms with Crippen molar-refractivity contribution in [2.24, 2.45) is 0 Å². The number of halogens is 2. The van der Waals surface area contributed by atoms with Gasteiger partial charge in [-0.3, -0.25) is 4.79 Å². The first-order chi connectivity index (χ1) is 14.5. The second-order valence-corrected chi connectivity index (χ2v) is 6.78. The van der Waals surface area contributed by atoms with Crippen LogP contribution < -0.4 is 20.1 Å². The Balaban J connectivity index is 1.70. The van der Waals surface area contributed by atoms with Gasteiger partial charge in [-0.2, -0.15) is 0 Å². The second kappa shape index (κ2) is 9.96. The molecular formula is C21H18Cl2N4O3. The maximum atomic E-state index is 11.6. The molecule has 3 rings (SSSR count). The molecule has 9 heteroatoms. The smallest absolute Gasteiger partial charge is 0.247 e. The summed E-state index contributed by atoms with van der Waals surface area (Å²) in [6.45, 7) is 3.67. The summed E-state index contributed by atoms with van der Waals surface area (Å²) in [5.74, 6) is 1.07. The van der Waals surface area contributed by atoms with Crippen LogP contribution in [0.1, 0.15) is 5.56 Å². The molecule has 0 aliphatic heterocycles. The topological polar surface area (TPSA) is 85.4 Å². The highest BCUT2D eigenvalue weighted by atomic mass is 35.5. The van der Waals surface area contributed by atoms with Gasteiger partial charge in [0.2, 0.25) is 11.9 Å². The van der Waals surface area contributed by atoms with Crippen LogP contribution in [0.4, 0.5) is 17.3 Å². The number of hydrogen-bond acceptors (Lipinski definition) is 6. The predicted octanol–water partition coefficient (Wildman–Crippen LogP) is 5.24. The number of amides is 1. The van der Waals surface area contributed by atoms with Gasteiger partial charge in [0.1, 0.15) is 12.4 Å². The summed E-state index contributed by atoms with van der Waals surface area (Å²) >= 11 is 12.4. The van der Waals surface area contributed by atoms with E-state index in [1.54, 1.807) is 43.5 Å². The Labute approximate surface area is 183 Å². The van der Waals surface area contributed by atoms with Gasteiger partial charge in [0.25, 0.3) is 0 Å². The number of nitrogens with zero attached hydrogens (tertiary/aromatic N) is 2. The Bertz CT molecular complexity index is 1060. The van der Waals surface area contributed by atoms with Gasteiger partial charge >= 0.3 is 0 Å². The normalized spacial score (nSPS) is 10.2. The first kappa shape index (κ1) is 21.4. The molecule has 1 aromatic heterocycles. The second-order valence-electron chi connectivity index (χ2n) is 5.97. The number of anilines is 3. The minimum atomic E-state index is -0.360. The number of hydrogen-bond donors (Lipinski definition) is 2. The summed E-state index contributed by atoms with van der Waals surface area (Å²) in [5.41, 5.74) is 1.71. The number of nitrogens with one attached hydrogen (secondary N) is 2. The van der Waals surface area contributed by atoms with Crippen molar-refractivity contribution in [3.8, 4) is 11.5 Å². The zero-order chi connectivity index (χ0) is 21.5. The predicted molar refractivity (Wildman–Crippen MR) is 118 cm³/mol. The van der Waals surface area contributed by atoms with Gasteiger partial charge in [-0.05, 0) is 36.4 Å². The monoisotopic (exact) mass is 444 g/mol. The van der Waals surface area contributed by atoms with E-state index >= 15 is 0 Å². The fourth-order valence-electron chi connectivity index (χ4n) is 2.46. The van der Waals surface area contributed by atoms with E-state index in [0.717, 1.165) is 5.56 Å². The molecule has 0 spiro atoms. The zero-order valence-corrected chi connectivity index (χ0v) is 17.5. The van der Waals surface area contributed by atoms with Crippen molar-refractivity contribution in [1.82, 2.24) is 9.97 Å². The number of carbonyl (C=O) groups excluding carboxylic acids is 1. The Morgan fingerprint density at radius 2 is 1.90 bits per heavy atom. The van der Waals surface area contributed by atoms with Crippen LogP contribution in [0.25, 0.3) is 0 Å². The van der Waals surface area contributed by atoms with E-state index < -0.39 is 0 Å². The van der Waals surface area contributed by atoms with Crippen molar-refractivity contribution < 1.29 is 14.3 Å². The number of benzene rings is 2. The molecule has 1 amide bonds. The molecule has 3 aromatic rings. The molecular weight excluding hydrogens is 427 g/mol. The summed E-state index contributed by atoms with van der Waals surface area (Å²) in [7, 11) is 1.58. The first-order valence-corrected chi connectivity index (χ1v) is 9.52. The van der Waals surface area contributed by atoms with E-state index in [2.05, 4.69) is 27.2 Å². The standard InChI is InChI=1S/C21H18Cl2N4O3/c1-3-19(28)26-18-6-4-5-17(23)20(18)27-21-24-10-15(11-25-21)30-12-13-9-14(29-2)7-8-16(13)22/h3-11H,1,12H2,2H3,(H,26,28)(H,24,25,27). The van der Waals surface area contributed by atoms with Crippen LogP contribution in [0.3, 0.4) is 0 Å². The van der Waals surface area contributed by atoms with Gasteiger partial charge in [0.05, 0.1) is 35.9 Å². The number of carbonyl (C=O) groups is 1. The maximum absolute atomic E-state index is 11.6. The largest absolute Gasteiger partial charge is 0.497 e. The average molecular weight is 445 g/mol. The van der Waals surface area contributed by atoms with E-state index in [4.69, 9.17) is 32.7 Å². The lowest BCUT2D eigenvalue weighted by atomic mass is 10.2. The number of ether oxygens (including phenoxy) is 2. The van der Waals surface area contributed by atoms with Crippen molar-refractivity contribution in [2.45, 2.75) is 6.61 Å². The Hall–Kier alpha value is -3.29. The maximum Gasteiger partial charge on any atom is 0.247 e. The van der Waals surface area contributed by atoms with Crippen LogP contribution in [0.5, 0.6) is 11.5 Å². The van der Waals surface area contributed by atoms with Crippen molar-refractivity contribution >= 4 is 46.4 Å². The van der Waals surface area contributed by atoms with E-state index in [1.807, 2.05) is 0 Å². The van der Waals surface area contributed by atoms with Crippen molar-refractivity contribution in [3.05, 3.63) is 77.1 Å². The molecule has 0 fully saturated rings. The average Bonchev–Trinajstić information content (AvgIpc) is 2.76. The van der Waals surface area contributed by atoms with E-state index in [-0.39, 0.29) is 18.5 Å². The molecule has 0 aliphatic carbocycles. The van der Waals surface area contributed by atoms with E-state index in [1.165, 1.54) is 18.5 Å². The molecule has 7 nitrogen and oxygen atoms in total. The number of rotatable bonds is 8. The third kappa shape index (κ3) is 5.40. The van der Waals surface area contributed by atoms with Gasteiger partial charge in [0, 0.05) is 10.6 Å². The summed E-state index contributed by atoms with van der Waals surface area (Å²) in [6.07, 6.45) is 4.20. The minimum Gasteiger partial charge on any atom is -0.497 e. The van der Waals surface area contributed by atoms with Crippen LogP contribution in [0, 0.1) is 0 Å². The lowest BCUT2D eigenvalue weighted by Crippen LogP contribution is -2.10. The molecule has 154 valence electrons. The molecule has 0 saturated carbocycles. The summed E-state index contributed by atoms with van der Waals surface area (Å²) < 4.78 is 10.9. The molecule has 2 N–H and O–H groups in total. The highest BCUT2D eigenvalue weighted by Crippen LogP contribution is 2.32. The van der Waals surface area contributed by atoms with Crippen LogP contribution in [0.15, 0.2) is 61.4 Å². The molecule has 0 saturated heterocycles. The van der Waals surface area contributed by atoms with Crippen molar-refractivity contribution in [2.75, 3.05) is 17.7 Å². The van der Waals surface area contributed by atoms with Crippen LogP contribution in [0.2, 0.25) is 10.0 Å². The lowest BCUT2D eigenvalue weighted by Gasteiger charge is -2.13.